The van der Waals surface area contributed by atoms with E-state index in [9.17, 15) is 8.42 Å². The first-order chi connectivity index (χ1) is 9.46. The number of nitrogens with one attached hydrogen (secondary N) is 2. The number of H-pyrrole nitrogens is 1. The third kappa shape index (κ3) is 3.06. The second kappa shape index (κ2) is 5.74. The molecule has 0 atom stereocenters. The molecule has 1 aromatic carbocycles. The molecule has 2 rings (SSSR count). The van der Waals surface area contributed by atoms with E-state index in [0.29, 0.717) is 16.5 Å². The third-order valence-corrected chi connectivity index (χ3v) is 4.23. The van der Waals surface area contributed by atoms with Crippen molar-refractivity contribution in [3.63, 3.8) is 0 Å². The molecule has 1 heterocycles. The zero-order valence-corrected chi connectivity index (χ0v) is 12.3. The van der Waals surface area contributed by atoms with Crippen molar-refractivity contribution in [1.29, 1.82) is 0 Å². The molecule has 0 amide bonds. The first-order valence-electron chi connectivity index (χ1n) is 5.70. The Labute approximate surface area is 121 Å². The molecule has 4 N–H and O–H groups in total. The molecule has 0 saturated carbocycles. The molecule has 0 spiro atoms. The van der Waals surface area contributed by atoms with Gasteiger partial charge in [-0.2, -0.15) is 0 Å². The molecule has 0 aliphatic rings. The minimum absolute atomic E-state index is 0.0972. The Morgan fingerprint density at radius 1 is 1.40 bits per heavy atom. The van der Waals surface area contributed by atoms with E-state index in [1.54, 1.807) is 12.1 Å². The second-order valence-corrected chi connectivity index (χ2v) is 6.13. The van der Waals surface area contributed by atoms with Crippen LogP contribution in [-0.4, -0.2) is 20.5 Å². The number of halogens is 1. The van der Waals surface area contributed by atoms with Gasteiger partial charge in [0, 0.05) is 23.5 Å². The quantitative estimate of drug-likeness (QED) is 0.785. The fourth-order valence-corrected chi connectivity index (χ4v) is 2.91. The number of hydrogen-bond acceptors (Lipinski definition) is 4. The predicted molar refractivity (Wildman–Crippen MR) is 77.5 cm³/mol. The van der Waals surface area contributed by atoms with Crippen molar-refractivity contribution in [2.75, 3.05) is 11.8 Å². The number of hydrogen-bond donors (Lipinski definition) is 3. The second-order valence-electron chi connectivity index (χ2n) is 4.01. The van der Waals surface area contributed by atoms with Crippen molar-refractivity contribution in [2.45, 2.75) is 11.4 Å². The van der Waals surface area contributed by atoms with Crippen LogP contribution in [-0.2, 0) is 16.6 Å². The molecule has 0 aliphatic heterocycles. The summed E-state index contributed by atoms with van der Waals surface area (Å²) < 4.78 is 32.0. The van der Waals surface area contributed by atoms with Crippen LogP contribution < -0.4 is 15.2 Å². The molecule has 6 nitrogen and oxygen atoms in total. The average Bonchev–Trinajstić information content (AvgIpc) is 2.88. The zero-order valence-electron chi connectivity index (χ0n) is 10.7. The third-order valence-electron chi connectivity index (χ3n) is 2.65. The number of nitrogens with two attached hydrogens (primary N) is 1. The van der Waals surface area contributed by atoms with Gasteiger partial charge in [0.15, 0.2) is 0 Å². The first-order valence-corrected chi connectivity index (χ1v) is 7.56. The number of methoxy groups -OCH3 is 1. The van der Waals surface area contributed by atoms with Crippen LogP contribution in [0.4, 0.5) is 5.69 Å². The SMILES string of the molecule is COc1ccc(Cl)cc1NS(=O)(=O)c1c[nH]c(CN)c1. The molecule has 0 fully saturated rings. The normalized spacial score (nSPS) is 11.3. The van der Waals surface area contributed by atoms with Crippen molar-refractivity contribution < 1.29 is 13.2 Å². The Balaban J connectivity index is 2.35. The maximum absolute atomic E-state index is 12.2. The Hall–Kier alpha value is -1.70. The van der Waals surface area contributed by atoms with Crippen molar-refractivity contribution in [2.24, 2.45) is 5.73 Å². The molecule has 2 aromatic rings. The van der Waals surface area contributed by atoms with E-state index < -0.39 is 10.0 Å². The molecule has 1 aromatic heterocycles. The highest BCUT2D eigenvalue weighted by atomic mass is 35.5. The summed E-state index contributed by atoms with van der Waals surface area (Å²) in [6, 6.07) is 6.15. The number of sulfonamides is 1. The summed E-state index contributed by atoms with van der Waals surface area (Å²) in [4.78, 5) is 2.88. The Morgan fingerprint density at radius 2 is 2.15 bits per heavy atom. The molecular weight excluding hydrogens is 302 g/mol. The van der Waals surface area contributed by atoms with Gasteiger partial charge in [-0.1, -0.05) is 11.6 Å². The lowest BCUT2D eigenvalue weighted by atomic mass is 10.3. The predicted octanol–water partition coefficient (Wildman–Crippen LogP) is 1.94. The van der Waals surface area contributed by atoms with E-state index in [0.717, 1.165) is 0 Å². The average molecular weight is 316 g/mol. The van der Waals surface area contributed by atoms with Gasteiger partial charge in [-0.25, -0.2) is 8.42 Å². The van der Waals surface area contributed by atoms with E-state index in [1.165, 1.54) is 25.4 Å². The Bertz CT molecular complexity index is 712. The van der Waals surface area contributed by atoms with Crippen LogP contribution in [0.25, 0.3) is 0 Å². The lowest BCUT2D eigenvalue weighted by Crippen LogP contribution is -2.13. The van der Waals surface area contributed by atoms with Crippen molar-refractivity contribution in [3.8, 4) is 5.75 Å². The Morgan fingerprint density at radius 3 is 2.75 bits per heavy atom. The number of ether oxygens (including phenoxy) is 1. The fourth-order valence-electron chi connectivity index (χ4n) is 1.66. The molecule has 20 heavy (non-hydrogen) atoms. The smallest absolute Gasteiger partial charge is 0.263 e. The standard InChI is InChI=1S/C12H14ClN3O3S/c1-19-12-3-2-8(13)4-11(12)16-20(17,18)10-5-9(6-14)15-7-10/h2-5,7,15-16H,6,14H2,1H3. The number of rotatable bonds is 5. The van der Waals surface area contributed by atoms with Gasteiger partial charge < -0.3 is 15.5 Å². The van der Waals surface area contributed by atoms with E-state index in [4.69, 9.17) is 22.1 Å². The van der Waals surface area contributed by atoms with Gasteiger partial charge in [-0.15, -0.1) is 0 Å². The monoisotopic (exact) mass is 315 g/mol. The number of benzene rings is 1. The lowest BCUT2D eigenvalue weighted by Gasteiger charge is -2.11. The van der Waals surface area contributed by atoms with E-state index in [-0.39, 0.29) is 17.1 Å². The van der Waals surface area contributed by atoms with Crippen LogP contribution in [0.1, 0.15) is 5.69 Å². The molecule has 0 saturated heterocycles. The molecule has 0 aliphatic carbocycles. The van der Waals surface area contributed by atoms with Crippen LogP contribution >= 0.6 is 11.6 Å². The number of aromatic amines is 1. The van der Waals surface area contributed by atoms with Gasteiger partial charge in [0.05, 0.1) is 12.8 Å². The molecule has 8 heteroatoms. The highest BCUT2D eigenvalue weighted by Crippen LogP contribution is 2.29. The van der Waals surface area contributed by atoms with Crippen LogP contribution in [0.5, 0.6) is 5.75 Å². The minimum Gasteiger partial charge on any atom is -0.495 e. The topological polar surface area (TPSA) is 97.2 Å². The summed E-state index contributed by atoms with van der Waals surface area (Å²) in [6.45, 7) is 0.232. The zero-order chi connectivity index (χ0) is 14.8. The van der Waals surface area contributed by atoms with E-state index in [2.05, 4.69) is 9.71 Å². The largest absolute Gasteiger partial charge is 0.495 e. The summed E-state index contributed by atoms with van der Waals surface area (Å²) in [6.07, 6.45) is 1.38. The van der Waals surface area contributed by atoms with Crippen LogP contribution in [0.2, 0.25) is 5.02 Å². The van der Waals surface area contributed by atoms with Crippen molar-refractivity contribution in [1.82, 2.24) is 4.98 Å². The van der Waals surface area contributed by atoms with Gasteiger partial charge in [0.2, 0.25) is 0 Å². The molecule has 0 radical (unpaired) electrons. The summed E-state index contributed by atoms with van der Waals surface area (Å²) in [5.41, 5.74) is 6.34. The number of anilines is 1. The Kier molecular flexibility index (Phi) is 4.22. The van der Waals surface area contributed by atoms with Crippen molar-refractivity contribution in [3.05, 3.63) is 41.2 Å². The summed E-state index contributed by atoms with van der Waals surface area (Å²) in [5, 5.41) is 0.403. The molecule has 0 unspecified atom stereocenters. The molecule has 108 valence electrons. The summed E-state index contributed by atoms with van der Waals surface area (Å²) >= 11 is 5.86. The lowest BCUT2D eigenvalue weighted by molar-refractivity contribution is 0.417. The summed E-state index contributed by atoms with van der Waals surface area (Å²) in [7, 11) is -2.28. The van der Waals surface area contributed by atoms with Gasteiger partial charge in [-0.05, 0) is 24.3 Å². The van der Waals surface area contributed by atoms with Crippen LogP contribution in [0, 0.1) is 0 Å². The summed E-state index contributed by atoms with van der Waals surface area (Å²) in [5.74, 6) is 0.382. The van der Waals surface area contributed by atoms with Crippen LogP contribution in [0.15, 0.2) is 35.4 Å². The van der Waals surface area contributed by atoms with E-state index in [1.807, 2.05) is 0 Å². The van der Waals surface area contributed by atoms with Gasteiger partial charge in [-0.3, -0.25) is 4.72 Å². The van der Waals surface area contributed by atoms with E-state index >= 15 is 0 Å². The van der Waals surface area contributed by atoms with Crippen LogP contribution in [0.3, 0.4) is 0 Å². The molecule has 0 bridgehead atoms. The number of aromatic nitrogens is 1. The highest BCUT2D eigenvalue weighted by molar-refractivity contribution is 7.92. The van der Waals surface area contributed by atoms with Gasteiger partial charge in [0.1, 0.15) is 10.6 Å². The van der Waals surface area contributed by atoms with Crippen molar-refractivity contribution >= 4 is 27.3 Å². The van der Waals surface area contributed by atoms with Gasteiger partial charge >= 0.3 is 0 Å². The van der Waals surface area contributed by atoms with Gasteiger partial charge in [0.25, 0.3) is 10.0 Å². The maximum Gasteiger partial charge on any atom is 0.263 e. The molecular formula is C12H14ClN3O3S. The maximum atomic E-state index is 12.2. The first kappa shape index (κ1) is 14.7. The minimum atomic E-state index is -3.73. The fraction of sp³-hybridized carbons (Fsp3) is 0.167. The highest BCUT2D eigenvalue weighted by Gasteiger charge is 2.18.